The molecule has 4 heteroatoms. The molecule has 2 atom stereocenters. The minimum absolute atomic E-state index is 0.0955. The Labute approximate surface area is 327 Å². The number of hydrogen-bond donors (Lipinski definition) is 3. The molecule has 0 saturated carbocycles. The predicted molar refractivity (Wildman–Crippen MR) is 234 cm³/mol. The zero-order valence-electron chi connectivity index (χ0n) is 34.2. The molecule has 0 aromatic rings. The molecule has 0 heterocycles. The normalized spacial score (nSPS) is 14.1. The molecule has 0 aliphatic rings. The van der Waals surface area contributed by atoms with E-state index in [1.807, 2.05) is 6.08 Å². The van der Waals surface area contributed by atoms with Gasteiger partial charge in [-0.1, -0.05) is 194 Å². The molecule has 0 aliphatic heterocycles. The molecule has 300 valence electrons. The topological polar surface area (TPSA) is 69.6 Å². The number of carbonyl (C=O) groups is 1. The van der Waals surface area contributed by atoms with E-state index in [-0.39, 0.29) is 12.5 Å². The van der Waals surface area contributed by atoms with E-state index < -0.39 is 12.1 Å². The van der Waals surface area contributed by atoms with Gasteiger partial charge < -0.3 is 15.5 Å². The molecule has 0 fully saturated rings. The number of aliphatic hydroxyl groups excluding tert-OH is 2. The number of hydrogen-bond acceptors (Lipinski definition) is 3. The Morgan fingerprint density at radius 1 is 0.472 bits per heavy atom. The van der Waals surface area contributed by atoms with Crippen LogP contribution in [-0.4, -0.2) is 34.9 Å². The first-order chi connectivity index (χ1) is 26.2. The van der Waals surface area contributed by atoms with Crippen molar-refractivity contribution in [3.8, 4) is 0 Å². The van der Waals surface area contributed by atoms with Gasteiger partial charge in [0.05, 0.1) is 18.8 Å². The molecule has 0 radical (unpaired) electrons. The van der Waals surface area contributed by atoms with E-state index in [1.165, 1.54) is 57.8 Å². The van der Waals surface area contributed by atoms with Crippen LogP contribution in [0.3, 0.4) is 0 Å². The summed E-state index contributed by atoms with van der Waals surface area (Å²) in [7, 11) is 0. The smallest absolute Gasteiger partial charge is 0.220 e. The SMILES string of the molecule is CC/C=C\C/C=C\C/C=C\C/C=C\C/C=C\C/C=C\C/C=C\C/C=C\CCCCCCC(=O)NC(CO)C(O)/C=C/CCCCCCCCCCCC. The third-order valence-electron chi connectivity index (χ3n) is 9.01. The highest BCUT2D eigenvalue weighted by atomic mass is 16.3. The summed E-state index contributed by atoms with van der Waals surface area (Å²) >= 11 is 0. The summed E-state index contributed by atoms with van der Waals surface area (Å²) in [5, 5.41) is 22.9. The highest BCUT2D eigenvalue weighted by Crippen LogP contribution is 2.12. The first kappa shape index (κ1) is 50.1. The van der Waals surface area contributed by atoms with Crippen LogP contribution in [0, 0.1) is 0 Å². The zero-order chi connectivity index (χ0) is 38.6. The summed E-state index contributed by atoms with van der Waals surface area (Å²) in [6, 6.07) is -0.642. The van der Waals surface area contributed by atoms with Gasteiger partial charge in [0.25, 0.3) is 0 Å². The van der Waals surface area contributed by atoms with Gasteiger partial charge in [-0.2, -0.15) is 0 Å². The lowest BCUT2D eigenvalue weighted by Gasteiger charge is -2.20. The van der Waals surface area contributed by atoms with Gasteiger partial charge in [0.15, 0.2) is 0 Å². The van der Waals surface area contributed by atoms with Crippen LogP contribution in [0.1, 0.15) is 174 Å². The third kappa shape index (κ3) is 40.1. The summed E-state index contributed by atoms with van der Waals surface area (Å²) in [6.45, 7) is 4.15. The van der Waals surface area contributed by atoms with E-state index in [4.69, 9.17) is 0 Å². The number of aliphatic hydroxyl groups is 2. The first-order valence-electron chi connectivity index (χ1n) is 21.6. The average Bonchev–Trinajstić information content (AvgIpc) is 3.16. The van der Waals surface area contributed by atoms with E-state index >= 15 is 0 Å². The average molecular weight is 732 g/mol. The molecular formula is C49H81NO3. The molecule has 0 aromatic carbocycles. The number of allylic oxidation sites excluding steroid dienone is 17. The Kier molecular flexibility index (Phi) is 41.0. The van der Waals surface area contributed by atoms with Crippen molar-refractivity contribution in [3.05, 3.63) is 109 Å². The lowest BCUT2D eigenvalue weighted by atomic mass is 10.1. The summed E-state index contributed by atoms with van der Waals surface area (Å²) in [4.78, 5) is 12.4. The molecule has 2 unspecified atom stereocenters. The predicted octanol–water partition coefficient (Wildman–Crippen LogP) is 13.6. The van der Waals surface area contributed by atoms with Gasteiger partial charge in [-0.15, -0.1) is 0 Å². The minimum atomic E-state index is -0.856. The number of unbranched alkanes of at least 4 members (excludes halogenated alkanes) is 14. The molecule has 0 saturated heterocycles. The van der Waals surface area contributed by atoms with Crippen LogP contribution in [0.5, 0.6) is 0 Å². The van der Waals surface area contributed by atoms with Gasteiger partial charge in [-0.3, -0.25) is 4.79 Å². The highest BCUT2D eigenvalue weighted by molar-refractivity contribution is 5.76. The maximum Gasteiger partial charge on any atom is 0.220 e. The van der Waals surface area contributed by atoms with Crippen molar-refractivity contribution in [1.82, 2.24) is 5.32 Å². The van der Waals surface area contributed by atoms with E-state index in [1.54, 1.807) is 6.08 Å². The van der Waals surface area contributed by atoms with Gasteiger partial charge >= 0.3 is 0 Å². The van der Waals surface area contributed by atoms with Crippen LogP contribution in [0.15, 0.2) is 109 Å². The fourth-order valence-corrected chi connectivity index (χ4v) is 5.72. The van der Waals surface area contributed by atoms with E-state index in [9.17, 15) is 15.0 Å². The molecular weight excluding hydrogens is 651 g/mol. The second-order valence-corrected chi connectivity index (χ2v) is 14.0. The summed E-state index contributed by atoms with van der Waals surface area (Å²) < 4.78 is 0. The zero-order valence-corrected chi connectivity index (χ0v) is 34.2. The second kappa shape index (κ2) is 43.5. The number of amides is 1. The van der Waals surface area contributed by atoms with Gasteiger partial charge in [0.2, 0.25) is 5.91 Å². The second-order valence-electron chi connectivity index (χ2n) is 14.0. The van der Waals surface area contributed by atoms with Crippen LogP contribution in [-0.2, 0) is 4.79 Å². The number of nitrogens with one attached hydrogen (secondary N) is 1. The lowest BCUT2D eigenvalue weighted by Crippen LogP contribution is -2.45. The highest BCUT2D eigenvalue weighted by Gasteiger charge is 2.17. The van der Waals surface area contributed by atoms with Crippen LogP contribution >= 0.6 is 0 Å². The maximum atomic E-state index is 12.4. The Morgan fingerprint density at radius 2 is 0.830 bits per heavy atom. The Bertz CT molecular complexity index is 1060. The summed E-state index contributed by atoms with van der Waals surface area (Å²) in [6.07, 6.45) is 66.1. The largest absolute Gasteiger partial charge is 0.394 e. The molecule has 0 aliphatic carbocycles. The van der Waals surface area contributed by atoms with Crippen molar-refractivity contribution < 1.29 is 15.0 Å². The Morgan fingerprint density at radius 3 is 1.25 bits per heavy atom. The van der Waals surface area contributed by atoms with Crippen LogP contribution in [0.25, 0.3) is 0 Å². The molecule has 0 rings (SSSR count). The number of carbonyl (C=O) groups excluding carboxylic acids is 1. The fraction of sp³-hybridized carbons (Fsp3) is 0.612. The van der Waals surface area contributed by atoms with Crippen molar-refractivity contribution in [1.29, 1.82) is 0 Å². The molecule has 0 bridgehead atoms. The van der Waals surface area contributed by atoms with Crippen molar-refractivity contribution in [2.24, 2.45) is 0 Å². The van der Waals surface area contributed by atoms with Gasteiger partial charge in [0, 0.05) is 6.42 Å². The number of rotatable bonds is 37. The van der Waals surface area contributed by atoms with Gasteiger partial charge in [-0.25, -0.2) is 0 Å². The third-order valence-corrected chi connectivity index (χ3v) is 9.01. The van der Waals surface area contributed by atoms with Crippen LogP contribution < -0.4 is 5.32 Å². The minimum Gasteiger partial charge on any atom is -0.394 e. The van der Waals surface area contributed by atoms with Crippen molar-refractivity contribution in [2.45, 2.75) is 187 Å². The Balaban J connectivity index is 3.73. The molecule has 4 nitrogen and oxygen atoms in total. The van der Waals surface area contributed by atoms with E-state index in [0.29, 0.717) is 6.42 Å². The fourth-order valence-electron chi connectivity index (χ4n) is 5.72. The van der Waals surface area contributed by atoms with Crippen molar-refractivity contribution in [3.63, 3.8) is 0 Å². The van der Waals surface area contributed by atoms with Crippen molar-refractivity contribution in [2.75, 3.05) is 6.61 Å². The van der Waals surface area contributed by atoms with E-state index in [2.05, 4.69) is 116 Å². The van der Waals surface area contributed by atoms with Crippen molar-refractivity contribution >= 4 is 5.91 Å². The first-order valence-corrected chi connectivity index (χ1v) is 21.6. The summed E-state index contributed by atoms with van der Waals surface area (Å²) in [5.74, 6) is -0.0955. The molecule has 3 N–H and O–H groups in total. The van der Waals surface area contributed by atoms with E-state index in [0.717, 1.165) is 96.3 Å². The quantitative estimate of drug-likeness (QED) is 0.0440. The standard InChI is InChI=1S/C49H81NO3/c1-3-5-7-9-11-13-15-17-18-19-20-21-22-23-24-25-26-27-28-29-30-31-32-33-35-37-39-41-43-45-49(53)50-47(46-51)48(52)44-42-40-38-36-34-16-14-12-10-8-6-4-2/h5,7,11,13,17-18,20-21,23-24,26-27,29-30,32-33,42,44,47-48,51-52H,3-4,6,8-10,12,14-16,19,22,25,28,31,34-41,43,45-46H2,1-2H3,(H,50,53)/b7-5-,13-11-,18-17-,21-20-,24-23-,27-26-,30-29-,33-32-,44-42+. The van der Waals surface area contributed by atoms with Crippen LogP contribution in [0.4, 0.5) is 0 Å². The Hall–Kier alpha value is -2.95. The van der Waals surface area contributed by atoms with Crippen LogP contribution in [0.2, 0.25) is 0 Å². The maximum absolute atomic E-state index is 12.4. The summed E-state index contributed by atoms with van der Waals surface area (Å²) in [5.41, 5.74) is 0. The van der Waals surface area contributed by atoms with Gasteiger partial charge in [0.1, 0.15) is 0 Å². The molecule has 0 spiro atoms. The monoisotopic (exact) mass is 732 g/mol. The van der Waals surface area contributed by atoms with Gasteiger partial charge in [-0.05, 0) is 83.5 Å². The lowest BCUT2D eigenvalue weighted by molar-refractivity contribution is -0.123. The molecule has 0 aromatic heterocycles. The molecule has 1 amide bonds. The molecule has 53 heavy (non-hydrogen) atoms.